The Kier molecular flexibility index (Phi) is 4.51. The molecule has 1 aliphatic heterocycles. The molecule has 4 rings (SSSR count). The number of fused-ring (bicyclic) bond motifs is 1. The minimum Gasteiger partial charge on any atom is -0.493 e. The Morgan fingerprint density at radius 1 is 1.24 bits per heavy atom. The molecule has 0 unspecified atom stereocenters. The topological polar surface area (TPSA) is 63.7 Å². The van der Waals surface area contributed by atoms with Crippen LogP contribution in [0.4, 0.5) is 0 Å². The van der Waals surface area contributed by atoms with Gasteiger partial charge in [0.1, 0.15) is 17.6 Å². The molecule has 25 heavy (non-hydrogen) atoms. The third kappa shape index (κ3) is 3.58. The summed E-state index contributed by atoms with van der Waals surface area (Å²) in [7, 11) is 0. The zero-order valence-corrected chi connectivity index (χ0v) is 14.3. The largest absolute Gasteiger partial charge is 0.493 e. The maximum absolute atomic E-state index is 9.71. The van der Waals surface area contributed by atoms with Crippen LogP contribution in [0.1, 0.15) is 49.3 Å². The summed E-state index contributed by atoms with van der Waals surface area (Å²) in [6, 6.07) is 10.2. The number of nitriles is 1. The molecule has 2 heterocycles. The third-order valence-corrected chi connectivity index (χ3v) is 4.86. The van der Waals surface area contributed by atoms with Crippen LogP contribution in [0.2, 0.25) is 0 Å². The molecule has 0 atom stereocenters. The van der Waals surface area contributed by atoms with Gasteiger partial charge in [-0.1, -0.05) is 24.6 Å². The molecule has 0 saturated heterocycles. The normalized spacial score (nSPS) is 17.5. The minimum absolute atomic E-state index is 0.545. The highest BCUT2D eigenvalue weighted by Crippen LogP contribution is 2.31. The van der Waals surface area contributed by atoms with E-state index in [0.717, 1.165) is 49.6 Å². The van der Waals surface area contributed by atoms with E-state index in [9.17, 15) is 5.26 Å². The predicted molar refractivity (Wildman–Crippen MR) is 95.7 cm³/mol. The van der Waals surface area contributed by atoms with Crippen LogP contribution in [0.5, 0.6) is 5.75 Å². The fourth-order valence-electron chi connectivity index (χ4n) is 3.21. The molecule has 0 radical (unpaired) electrons. The van der Waals surface area contributed by atoms with E-state index in [4.69, 9.17) is 4.74 Å². The number of aryl methyl sites for hydroxylation is 1. The molecule has 128 valence electrons. The zero-order chi connectivity index (χ0) is 17.1. The maximum atomic E-state index is 9.71. The number of aromatic nitrogens is 3. The number of hydrogen-bond acceptors (Lipinski definition) is 4. The Hall–Kier alpha value is -2.61. The van der Waals surface area contributed by atoms with Gasteiger partial charge in [0.2, 0.25) is 0 Å². The van der Waals surface area contributed by atoms with E-state index in [1.165, 1.54) is 19.3 Å². The SMILES string of the molecule is N#C/C(=C\c1ccccc1OCC1CC1)c1nnc2n1CCCCC2. The van der Waals surface area contributed by atoms with Crippen molar-refractivity contribution in [1.82, 2.24) is 14.8 Å². The second kappa shape index (κ2) is 7.10. The van der Waals surface area contributed by atoms with Gasteiger partial charge in [-0.05, 0) is 43.7 Å². The number of ether oxygens (including phenoxy) is 1. The smallest absolute Gasteiger partial charge is 0.174 e. The highest BCUT2D eigenvalue weighted by molar-refractivity contribution is 5.88. The Bertz CT molecular complexity index is 826. The van der Waals surface area contributed by atoms with Crippen LogP contribution in [0.25, 0.3) is 11.6 Å². The number of hydrogen-bond donors (Lipinski definition) is 0. The summed E-state index contributed by atoms with van der Waals surface area (Å²) in [6.07, 6.45) is 8.78. The standard InChI is InChI=1S/C20H22N4O/c21-13-17(20-23-22-19-8-2-1-5-11-24(19)20)12-16-6-3-4-7-18(16)25-14-15-9-10-15/h3-4,6-7,12,15H,1-2,5,8-11,14H2/b17-12+. The summed E-state index contributed by atoms with van der Waals surface area (Å²) in [5, 5.41) is 18.3. The summed E-state index contributed by atoms with van der Waals surface area (Å²) in [5.74, 6) is 3.20. The molecule has 2 aromatic rings. The molecule has 1 saturated carbocycles. The van der Waals surface area contributed by atoms with Crippen LogP contribution in [0, 0.1) is 17.2 Å². The quantitative estimate of drug-likeness (QED) is 0.779. The van der Waals surface area contributed by atoms with Gasteiger partial charge in [0, 0.05) is 18.5 Å². The van der Waals surface area contributed by atoms with Gasteiger partial charge in [0.25, 0.3) is 0 Å². The van der Waals surface area contributed by atoms with Gasteiger partial charge in [-0.25, -0.2) is 0 Å². The molecule has 0 bridgehead atoms. The second-order valence-corrected chi connectivity index (χ2v) is 6.86. The Morgan fingerprint density at radius 3 is 2.96 bits per heavy atom. The van der Waals surface area contributed by atoms with Crippen LogP contribution >= 0.6 is 0 Å². The fourth-order valence-corrected chi connectivity index (χ4v) is 3.21. The summed E-state index contributed by atoms with van der Waals surface area (Å²) in [5.41, 5.74) is 1.47. The zero-order valence-electron chi connectivity index (χ0n) is 14.3. The number of benzene rings is 1. The molecule has 2 aliphatic rings. The van der Waals surface area contributed by atoms with E-state index < -0.39 is 0 Å². The van der Waals surface area contributed by atoms with E-state index in [1.54, 1.807) is 0 Å². The first-order chi connectivity index (χ1) is 12.3. The molecule has 1 fully saturated rings. The lowest BCUT2D eigenvalue weighted by atomic mass is 10.1. The van der Waals surface area contributed by atoms with Crippen molar-refractivity contribution in [3.63, 3.8) is 0 Å². The minimum atomic E-state index is 0.545. The van der Waals surface area contributed by atoms with Gasteiger partial charge in [-0.3, -0.25) is 0 Å². The molecule has 0 amide bonds. The fraction of sp³-hybridized carbons (Fsp3) is 0.450. The molecule has 1 aliphatic carbocycles. The van der Waals surface area contributed by atoms with E-state index >= 15 is 0 Å². The van der Waals surface area contributed by atoms with Crippen molar-refractivity contribution in [2.75, 3.05) is 6.61 Å². The molecule has 0 N–H and O–H groups in total. The highest BCUT2D eigenvalue weighted by atomic mass is 16.5. The Morgan fingerprint density at radius 2 is 2.12 bits per heavy atom. The lowest BCUT2D eigenvalue weighted by Crippen LogP contribution is -2.05. The lowest BCUT2D eigenvalue weighted by molar-refractivity contribution is 0.299. The average molecular weight is 334 g/mol. The van der Waals surface area contributed by atoms with Crippen molar-refractivity contribution in [2.24, 2.45) is 5.92 Å². The summed E-state index contributed by atoms with van der Waals surface area (Å²) >= 11 is 0. The summed E-state index contributed by atoms with van der Waals surface area (Å²) in [6.45, 7) is 1.64. The number of para-hydroxylation sites is 1. The van der Waals surface area contributed by atoms with Gasteiger partial charge in [0.05, 0.1) is 12.2 Å². The maximum Gasteiger partial charge on any atom is 0.174 e. The Balaban J connectivity index is 1.65. The summed E-state index contributed by atoms with van der Waals surface area (Å²) < 4.78 is 8.07. The van der Waals surface area contributed by atoms with E-state index in [-0.39, 0.29) is 0 Å². The monoisotopic (exact) mass is 334 g/mol. The van der Waals surface area contributed by atoms with E-state index in [2.05, 4.69) is 20.8 Å². The van der Waals surface area contributed by atoms with E-state index in [0.29, 0.717) is 17.3 Å². The molecule has 0 spiro atoms. The van der Waals surface area contributed by atoms with Gasteiger partial charge >= 0.3 is 0 Å². The molecule has 5 heteroatoms. The van der Waals surface area contributed by atoms with Gasteiger partial charge < -0.3 is 9.30 Å². The molecule has 1 aromatic carbocycles. The van der Waals surface area contributed by atoms with Crippen molar-refractivity contribution in [1.29, 1.82) is 5.26 Å². The second-order valence-electron chi connectivity index (χ2n) is 6.86. The first-order valence-corrected chi connectivity index (χ1v) is 9.11. The van der Waals surface area contributed by atoms with Crippen molar-refractivity contribution in [3.05, 3.63) is 41.5 Å². The first-order valence-electron chi connectivity index (χ1n) is 9.11. The van der Waals surface area contributed by atoms with Crippen molar-refractivity contribution < 1.29 is 4.74 Å². The molecule has 5 nitrogen and oxygen atoms in total. The Labute approximate surface area is 147 Å². The first kappa shape index (κ1) is 15.9. The number of nitrogens with zero attached hydrogens (tertiary/aromatic N) is 4. The van der Waals surface area contributed by atoms with Crippen molar-refractivity contribution >= 4 is 11.6 Å². The average Bonchev–Trinajstić information content (AvgIpc) is 3.43. The van der Waals surface area contributed by atoms with Crippen LogP contribution in [0.15, 0.2) is 24.3 Å². The lowest BCUT2D eigenvalue weighted by Gasteiger charge is -2.09. The van der Waals surface area contributed by atoms with Gasteiger partial charge in [0.15, 0.2) is 5.82 Å². The highest BCUT2D eigenvalue weighted by Gasteiger charge is 2.22. The number of rotatable bonds is 5. The van der Waals surface area contributed by atoms with Crippen molar-refractivity contribution in [2.45, 2.75) is 45.1 Å². The van der Waals surface area contributed by atoms with Gasteiger partial charge in [-0.15, -0.1) is 10.2 Å². The molecule has 1 aromatic heterocycles. The van der Waals surface area contributed by atoms with Gasteiger partial charge in [-0.2, -0.15) is 5.26 Å². The predicted octanol–water partition coefficient (Wildman–Crippen LogP) is 3.86. The molecular formula is C20H22N4O. The third-order valence-electron chi connectivity index (χ3n) is 4.86. The number of allylic oxidation sites excluding steroid dienone is 1. The van der Waals surface area contributed by atoms with Crippen LogP contribution in [-0.2, 0) is 13.0 Å². The van der Waals surface area contributed by atoms with Crippen LogP contribution in [-0.4, -0.2) is 21.4 Å². The summed E-state index contributed by atoms with van der Waals surface area (Å²) in [4.78, 5) is 0. The van der Waals surface area contributed by atoms with Crippen molar-refractivity contribution in [3.8, 4) is 11.8 Å². The molecular weight excluding hydrogens is 312 g/mol. The van der Waals surface area contributed by atoms with E-state index in [1.807, 2.05) is 30.3 Å². The van der Waals surface area contributed by atoms with Crippen LogP contribution < -0.4 is 4.74 Å². The van der Waals surface area contributed by atoms with Crippen LogP contribution in [0.3, 0.4) is 0 Å².